The van der Waals surface area contributed by atoms with Crippen molar-refractivity contribution in [3.8, 4) is 0 Å². The van der Waals surface area contributed by atoms with Crippen LogP contribution in [0, 0.1) is 5.41 Å². The Hall–Kier alpha value is -1.30. The molecule has 0 saturated carbocycles. The molecule has 6 heteroatoms. The van der Waals surface area contributed by atoms with Gasteiger partial charge < -0.3 is 20.0 Å². The molecule has 2 rings (SSSR count). The summed E-state index contributed by atoms with van der Waals surface area (Å²) in [6.07, 6.45) is 1.98. The fraction of sp³-hybridized carbons (Fsp3) is 0.846. The average molecular weight is 270 g/mol. The highest BCUT2D eigenvalue weighted by Crippen LogP contribution is 2.31. The van der Waals surface area contributed by atoms with Gasteiger partial charge in [-0.3, -0.25) is 4.79 Å². The van der Waals surface area contributed by atoms with Crippen LogP contribution in [0.15, 0.2) is 0 Å². The van der Waals surface area contributed by atoms with Crippen molar-refractivity contribution >= 4 is 12.0 Å². The largest absolute Gasteiger partial charge is 0.481 e. The number of nitrogens with zero attached hydrogens (tertiary/aromatic N) is 2. The number of carboxylic acid groups (broad SMARTS) is 1. The topological polar surface area (TPSA) is 81.1 Å². The van der Waals surface area contributed by atoms with Crippen molar-refractivity contribution in [3.63, 3.8) is 0 Å². The quantitative estimate of drug-likeness (QED) is 0.736. The van der Waals surface area contributed by atoms with E-state index in [0.717, 1.165) is 0 Å². The van der Waals surface area contributed by atoms with Gasteiger partial charge in [0.1, 0.15) is 0 Å². The van der Waals surface area contributed by atoms with Gasteiger partial charge in [-0.1, -0.05) is 0 Å². The first-order valence-electron chi connectivity index (χ1n) is 6.88. The first kappa shape index (κ1) is 14.1. The van der Waals surface area contributed by atoms with E-state index in [1.165, 1.54) is 0 Å². The lowest BCUT2D eigenvalue weighted by atomic mass is 9.80. The summed E-state index contributed by atoms with van der Waals surface area (Å²) in [6, 6.07) is -0.0145. The maximum absolute atomic E-state index is 12.3. The van der Waals surface area contributed by atoms with Crippen LogP contribution in [-0.2, 0) is 4.79 Å². The SMILES string of the molecule is CC1(C(=O)O)CCN(C(=O)N2CCC(O)CC2)CC1. The second kappa shape index (κ2) is 5.36. The van der Waals surface area contributed by atoms with Gasteiger partial charge in [-0.2, -0.15) is 0 Å². The van der Waals surface area contributed by atoms with E-state index in [0.29, 0.717) is 51.9 Å². The molecule has 108 valence electrons. The van der Waals surface area contributed by atoms with Crippen molar-refractivity contribution in [1.29, 1.82) is 0 Å². The number of aliphatic carboxylic acids is 1. The van der Waals surface area contributed by atoms with Crippen LogP contribution in [0.2, 0.25) is 0 Å². The Bertz CT molecular complexity index is 356. The number of carboxylic acids is 1. The first-order chi connectivity index (χ1) is 8.92. The molecule has 0 atom stereocenters. The summed E-state index contributed by atoms with van der Waals surface area (Å²) in [5.41, 5.74) is -0.700. The third-order valence-electron chi connectivity index (χ3n) is 4.39. The highest BCUT2D eigenvalue weighted by Gasteiger charge is 2.39. The van der Waals surface area contributed by atoms with Crippen molar-refractivity contribution < 1.29 is 19.8 Å². The predicted molar refractivity (Wildman–Crippen MR) is 68.8 cm³/mol. The fourth-order valence-corrected chi connectivity index (χ4v) is 2.66. The molecule has 0 aromatic rings. The van der Waals surface area contributed by atoms with Gasteiger partial charge >= 0.3 is 12.0 Å². The number of piperidine rings is 2. The van der Waals surface area contributed by atoms with Gasteiger partial charge in [0.15, 0.2) is 0 Å². The second-order valence-corrected chi connectivity index (χ2v) is 5.85. The third kappa shape index (κ3) is 3.00. The van der Waals surface area contributed by atoms with Crippen LogP contribution >= 0.6 is 0 Å². The number of likely N-dealkylation sites (tertiary alicyclic amines) is 2. The number of aliphatic hydroxyl groups is 1. The molecule has 2 aliphatic rings. The lowest BCUT2D eigenvalue weighted by molar-refractivity contribution is -0.150. The van der Waals surface area contributed by atoms with Crippen LogP contribution in [0.5, 0.6) is 0 Å². The summed E-state index contributed by atoms with van der Waals surface area (Å²) >= 11 is 0. The predicted octanol–water partition coefficient (Wildman–Crippen LogP) is 0.750. The highest BCUT2D eigenvalue weighted by atomic mass is 16.4. The summed E-state index contributed by atoms with van der Waals surface area (Å²) in [7, 11) is 0. The van der Waals surface area contributed by atoms with E-state index in [1.807, 2.05) is 0 Å². The number of carbonyl (C=O) groups excluding carboxylic acids is 1. The summed E-state index contributed by atoms with van der Waals surface area (Å²) in [5, 5.41) is 18.6. The molecule has 2 N–H and O–H groups in total. The molecule has 0 aromatic carbocycles. The van der Waals surface area contributed by atoms with Crippen molar-refractivity contribution in [1.82, 2.24) is 9.80 Å². The van der Waals surface area contributed by atoms with Gasteiger partial charge in [-0.05, 0) is 32.6 Å². The Kier molecular flexibility index (Phi) is 3.99. The highest BCUT2D eigenvalue weighted by molar-refractivity contribution is 5.77. The minimum Gasteiger partial charge on any atom is -0.481 e. The standard InChI is InChI=1S/C13H22N2O4/c1-13(11(17)18)4-8-15(9-5-13)12(19)14-6-2-10(16)3-7-14/h10,16H,2-9H2,1H3,(H,17,18). The molecule has 0 spiro atoms. The minimum absolute atomic E-state index is 0.0145. The molecule has 2 fully saturated rings. The van der Waals surface area contributed by atoms with E-state index in [-0.39, 0.29) is 12.1 Å². The maximum Gasteiger partial charge on any atom is 0.320 e. The fourth-order valence-electron chi connectivity index (χ4n) is 2.66. The number of aliphatic hydroxyl groups excluding tert-OH is 1. The van der Waals surface area contributed by atoms with E-state index in [4.69, 9.17) is 5.11 Å². The Balaban J connectivity index is 1.87. The van der Waals surface area contributed by atoms with Crippen LogP contribution < -0.4 is 0 Å². The summed E-state index contributed by atoms with van der Waals surface area (Å²) in [6.45, 7) is 3.93. The molecule has 0 radical (unpaired) electrons. The molecule has 2 saturated heterocycles. The van der Waals surface area contributed by atoms with Crippen LogP contribution in [0.4, 0.5) is 4.79 Å². The third-order valence-corrected chi connectivity index (χ3v) is 4.39. The number of urea groups is 1. The van der Waals surface area contributed by atoms with E-state index >= 15 is 0 Å². The number of carbonyl (C=O) groups is 2. The number of rotatable bonds is 1. The second-order valence-electron chi connectivity index (χ2n) is 5.85. The van der Waals surface area contributed by atoms with Crippen molar-refractivity contribution in [2.75, 3.05) is 26.2 Å². The molecule has 19 heavy (non-hydrogen) atoms. The summed E-state index contributed by atoms with van der Waals surface area (Å²) in [4.78, 5) is 26.9. The number of hydrogen-bond acceptors (Lipinski definition) is 3. The molecule has 6 nitrogen and oxygen atoms in total. The van der Waals surface area contributed by atoms with Crippen molar-refractivity contribution in [2.45, 2.75) is 38.7 Å². The van der Waals surface area contributed by atoms with E-state index in [9.17, 15) is 14.7 Å². The van der Waals surface area contributed by atoms with Crippen LogP contribution in [-0.4, -0.2) is 64.3 Å². The van der Waals surface area contributed by atoms with E-state index in [1.54, 1.807) is 16.7 Å². The monoisotopic (exact) mass is 270 g/mol. The Morgan fingerprint density at radius 2 is 1.53 bits per heavy atom. The Labute approximate surface area is 113 Å². The number of hydrogen-bond donors (Lipinski definition) is 2. The normalized spacial score (nSPS) is 24.3. The minimum atomic E-state index is -0.777. The summed E-state index contributed by atoms with van der Waals surface area (Å²) < 4.78 is 0. The van der Waals surface area contributed by atoms with Gasteiger partial charge in [-0.25, -0.2) is 4.79 Å². The number of amides is 2. The van der Waals surface area contributed by atoms with Crippen LogP contribution in [0.1, 0.15) is 32.6 Å². The van der Waals surface area contributed by atoms with Crippen LogP contribution in [0.3, 0.4) is 0 Å². The molecule has 2 heterocycles. The summed E-state index contributed by atoms with van der Waals surface area (Å²) in [5.74, 6) is -0.777. The van der Waals surface area contributed by atoms with Crippen molar-refractivity contribution in [3.05, 3.63) is 0 Å². The van der Waals surface area contributed by atoms with Gasteiger partial charge in [-0.15, -0.1) is 0 Å². The zero-order valence-corrected chi connectivity index (χ0v) is 11.3. The zero-order valence-electron chi connectivity index (χ0n) is 11.3. The van der Waals surface area contributed by atoms with E-state index < -0.39 is 11.4 Å². The van der Waals surface area contributed by atoms with Gasteiger partial charge in [0, 0.05) is 26.2 Å². The maximum atomic E-state index is 12.3. The molecule has 0 aliphatic carbocycles. The van der Waals surface area contributed by atoms with Crippen molar-refractivity contribution in [2.24, 2.45) is 5.41 Å². The molecule has 0 bridgehead atoms. The Morgan fingerprint density at radius 3 is 2.00 bits per heavy atom. The molecular formula is C13H22N2O4. The van der Waals surface area contributed by atoms with Gasteiger partial charge in [0.05, 0.1) is 11.5 Å². The molecule has 0 unspecified atom stereocenters. The first-order valence-corrected chi connectivity index (χ1v) is 6.88. The average Bonchev–Trinajstić information content (AvgIpc) is 2.39. The van der Waals surface area contributed by atoms with Gasteiger partial charge in [0.25, 0.3) is 0 Å². The smallest absolute Gasteiger partial charge is 0.320 e. The molecule has 0 aromatic heterocycles. The van der Waals surface area contributed by atoms with Crippen LogP contribution in [0.25, 0.3) is 0 Å². The molecule has 2 aliphatic heterocycles. The molecular weight excluding hydrogens is 248 g/mol. The molecule has 2 amide bonds. The lowest BCUT2D eigenvalue weighted by Crippen LogP contribution is -2.52. The lowest BCUT2D eigenvalue weighted by Gasteiger charge is -2.40. The van der Waals surface area contributed by atoms with Gasteiger partial charge in [0.2, 0.25) is 0 Å². The Morgan fingerprint density at radius 1 is 1.05 bits per heavy atom. The zero-order chi connectivity index (χ0) is 14.0. The van der Waals surface area contributed by atoms with E-state index in [2.05, 4.69) is 0 Å².